The van der Waals surface area contributed by atoms with Crippen LogP contribution in [0, 0.1) is 18.3 Å². The van der Waals surface area contributed by atoms with Gasteiger partial charge in [0.05, 0.1) is 13.0 Å². The molecule has 0 spiro atoms. The zero-order valence-corrected chi connectivity index (χ0v) is 8.57. The van der Waals surface area contributed by atoms with Crippen LogP contribution in [0.1, 0.15) is 23.5 Å². The van der Waals surface area contributed by atoms with E-state index in [4.69, 9.17) is 11.2 Å². The van der Waals surface area contributed by atoms with Crippen LogP contribution >= 0.6 is 0 Å². The van der Waals surface area contributed by atoms with E-state index in [0.717, 1.165) is 12.0 Å². The van der Waals surface area contributed by atoms with Crippen LogP contribution in [0.4, 0.5) is 0 Å². The Morgan fingerprint density at radius 3 is 2.67 bits per heavy atom. The molecule has 0 heterocycles. The molecule has 1 fully saturated rings. The van der Waals surface area contributed by atoms with E-state index in [0.29, 0.717) is 5.92 Å². The number of benzene rings is 1. The van der Waals surface area contributed by atoms with Crippen molar-refractivity contribution >= 4 is 5.97 Å². The molecule has 1 saturated carbocycles. The number of terminal acetylenes is 1. The molecule has 0 aromatic heterocycles. The first-order chi connectivity index (χ1) is 7.26. The Kier molecular flexibility index (Phi) is 2.47. The van der Waals surface area contributed by atoms with Gasteiger partial charge in [0.2, 0.25) is 0 Å². The number of hydrogen-bond donors (Lipinski definition) is 0. The fourth-order valence-corrected chi connectivity index (χ4v) is 1.80. The van der Waals surface area contributed by atoms with Gasteiger partial charge in [0.25, 0.3) is 0 Å². The highest BCUT2D eigenvalue weighted by Gasteiger charge is 2.44. The summed E-state index contributed by atoms with van der Waals surface area (Å²) in [4.78, 5) is 11.2. The van der Waals surface area contributed by atoms with Crippen molar-refractivity contribution in [1.82, 2.24) is 0 Å². The van der Waals surface area contributed by atoms with Crippen LogP contribution in [0.3, 0.4) is 0 Å². The largest absolute Gasteiger partial charge is 0.469 e. The van der Waals surface area contributed by atoms with Gasteiger partial charge in [0.1, 0.15) is 0 Å². The van der Waals surface area contributed by atoms with Crippen LogP contribution < -0.4 is 0 Å². The van der Waals surface area contributed by atoms with Crippen molar-refractivity contribution in [3.63, 3.8) is 0 Å². The molecule has 0 radical (unpaired) electrons. The van der Waals surface area contributed by atoms with Gasteiger partial charge in [0.15, 0.2) is 0 Å². The Morgan fingerprint density at radius 1 is 1.47 bits per heavy atom. The number of esters is 1. The maximum atomic E-state index is 11.2. The molecule has 1 aromatic rings. The molecule has 15 heavy (non-hydrogen) atoms. The summed E-state index contributed by atoms with van der Waals surface area (Å²) < 4.78 is 4.70. The van der Waals surface area contributed by atoms with E-state index in [1.54, 1.807) is 0 Å². The van der Waals surface area contributed by atoms with Gasteiger partial charge in [-0.2, -0.15) is 0 Å². The first kappa shape index (κ1) is 9.79. The van der Waals surface area contributed by atoms with Crippen molar-refractivity contribution < 1.29 is 9.53 Å². The topological polar surface area (TPSA) is 26.3 Å². The number of methoxy groups -OCH3 is 1. The van der Waals surface area contributed by atoms with Crippen LogP contribution in [0.25, 0.3) is 0 Å². The Labute approximate surface area is 89.3 Å². The van der Waals surface area contributed by atoms with E-state index in [1.165, 1.54) is 12.7 Å². The van der Waals surface area contributed by atoms with Crippen molar-refractivity contribution in [3.8, 4) is 12.3 Å². The van der Waals surface area contributed by atoms with Gasteiger partial charge in [0, 0.05) is 5.56 Å². The van der Waals surface area contributed by atoms with Crippen LogP contribution in [-0.4, -0.2) is 13.1 Å². The second kappa shape index (κ2) is 3.78. The summed E-state index contributed by atoms with van der Waals surface area (Å²) >= 11 is 0. The molecule has 1 aliphatic rings. The van der Waals surface area contributed by atoms with Gasteiger partial charge in [-0.25, -0.2) is 0 Å². The second-order valence-corrected chi connectivity index (χ2v) is 3.74. The summed E-state index contributed by atoms with van der Waals surface area (Å²) in [6.45, 7) is 0. The molecular formula is C13H12O2. The highest BCUT2D eigenvalue weighted by Crippen LogP contribution is 2.47. The van der Waals surface area contributed by atoms with Crippen molar-refractivity contribution in [3.05, 3.63) is 35.4 Å². The van der Waals surface area contributed by atoms with Crippen molar-refractivity contribution in [1.29, 1.82) is 0 Å². The quantitative estimate of drug-likeness (QED) is 0.538. The Balaban J connectivity index is 2.08. The minimum absolute atomic E-state index is 0.0479. The predicted octanol–water partition coefficient (Wildman–Crippen LogP) is 1.94. The highest BCUT2D eigenvalue weighted by molar-refractivity contribution is 5.77. The summed E-state index contributed by atoms with van der Waals surface area (Å²) in [6.07, 6.45) is 6.16. The minimum atomic E-state index is -0.110. The zero-order chi connectivity index (χ0) is 10.8. The summed E-state index contributed by atoms with van der Waals surface area (Å²) in [5.41, 5.74) is 2.04. The lowest BCUT2D eigenvalue weighted by molar-refractivity contribution is -0.142. The van der Waals surface area contributed by atoms with E-state index < -0.39 is 0 Å². The summed E-state index contributed by atoms with van der Waals surface area (Å²) in [6, 6.07) is 7.79. The summed E-state index contributed by atoms with van der Waals surface area (Å²) in [7, 11) is 1.43. The molecule has 76 valence electrons. The number of hydrogen-bond acceptors (Lipinski definition) is 2. The van der Waals surface area contributed by atoms with E-state index >= 15 is 0 Å². The third-order valence-corrected chi connectivity index (χ3v) is 2.80. The molecule has 0 amide bonds. The molecule has 0 N–H and O–H groups in total. The number of ether oxygens (including phenoxy) is 1. The maximum Gasteiger partial charge on any atom is 0.309 e. The average Bonchev–Trinajstić information content (AvgIpc) is 3.08. The number of carbonyl (C=O) groups excluding carboxylic acids is 1. The maximum absolute atomic E-state index is 11.2. The van der Waals surface area contributed by atoms with Crippen molar-refractivity contribution in [2.24, 2.45) is 5.92 Å². The SMILES string of the molecule is C#Cc1ccc([C@H]2C[C@@H]2C(=O)OC)cc1. The monoisotopic (exact) mass is 200 g/mol. The highest BCUT2D eigenvalue weighted by atomic mass is 16.5. The van der Waals surface area contributed by atoms with Gasteiger partial charge in [-0.3, -0.25) is 4.79 Å². The van der Waals surface area contributed by atoms with E-state index in [9.17, 15) is 4.79 Å². The Morgan fingerprint density at radius 2 is 2.13 bits per heavy atom. The van der Waals surface area contributed by atoms with Gasteiger partial charge in [-0.05, 0) is 30.0 Å². The van der Waals surface area contributed by atoms with Crippen LogP contribution in [0.2, 0.25) is 0 Å². The summed E-state index contributed by atoms with van der Waals surface area (Å²) in [5, 5.41) is 0. The normalized spacial score (nSPS) is 22.9. The fourth-order valence-electron chi connectivity index (χ4n) is 1.80. The lowest BCUT2D eigenvalue weighted by Crippen LogP contribution is -2.03. The van der Waals surface area contributed by atoms with Crippen molar-refractivity contribution in [2.45, 2.75) is 12.3 Å². The Hall–Kier alpha value is -1.75. The van der Waals surface area contributed by atoms with Crippen LogP contribution in [0.15, 0.2) is 24.3 Å². The minimum Gasteiger partial charge on any atom is -0.469 e. The second-order valence-electron chi connectivity index (χ2n) is 3.74. The van der Waals surface area contributed by atoms with Crippen molar-refractivity contribution in [2.75, 3.05) is 7.11 Å². The first-order valence-electron chi connectivity index (χ1n) is 4.90. The molecule has 0 bridgehead atoms. The lowest BCUT2D eigenvalue weighted by atomic mass is 10.1. The number of carbonyl (C=O) groups is 1. The van der Waals surface area contributed by atoms with Crippen LogP contribution in [0.5, 0.6) is 0 Å². The number of rotatable bonds is 2. The van der Waals surface area contributed by atoms with E-state index in [2.05, 4.69) is 5.92 Å². The molecule has 2 heteroatoms. The smallest absolute Gasteiger partial charge is 0.309 e. The molecule has 0 saturated heterocycles. The predicted molar refractivity (Wildman–Crippen MR) is 57.2 cm³/mol. The molecule has 1 aliphatic carbocycles. The van der Waals surface area contributed by atoms with Crippen LogP contribution in [-0.2, 0) is 9.53 Å². The van der Waals surface area contributed by atoms with Gasteiger partial charge >= 0.3 is 5.97 Å². The average molecular weight is 200 g/mol. The molecule has 0 aliphatic heterocycles. The van der Waals surface area contributed by atoms with E-state index in [1.807, 2.05) is 24.3 Å². The molecule has 2 rings (SSSR count). The molecule has 0 unspecified atom stereocenters. The molecule has 2 nitrogen and oxygen atoms in total. The van der Waals surface area contributed by atoms with Gasteiger partial charge in [-0.15, -0.1) is 6.42 Å². The molecule has 1 aromatic carbocycles. The molecule has 2 atom stereocenters. The lowest BCUT2D eigenvalue weighted by Gasteiger charge is -1.99. The molecular weight excluding hydrogens is 188 g/mol. The first-order valence-corrected chi connectivity index (χ1v) is 4.90. The van der Waals surface area contributed by atoms with Gasteiger partial charge in [-0.1, -0.05) is 18.1 Å². The van der Waals surface area contributed by atoms with Gasteiger partial charge < -0.3 is 4.74 Å². The van der Waals surface area contributed by atoms with E-state index in [-0.39, 0.29) is 11.9 Å². The third-order valence-electron chi connectivity index (χ3n) is 2.80. The fraction of sp³-hybridized carbons (Fsp3) is 0.308. The summed E-state index contributed by atoms with van der Waals surface area (Å²) in [5.74, 6) is 2.83. The zero-order valence-electron chi connectivity index (χ0n) is 8.57. The standard InChI is InChI=1S/C13H12O2/c1-3-9-4-6-10(7-5-9)11-8-12(11)13(14)15-2/h1,4-7,11-12H,8H2,2H3/t11-,12+/m1/s1. The Bertz CT molecular complexity index is 411. The third kappa shape index (κ3) is 1.87.